The summed E-state index contributed by atoms with van der Waals surface area (Å²) in [6.07, 6.45) is 0. The molecule has 5 heteroatoms. The molecule has 0 saturated heterocycles. The second-order valence-corrected chi connectivity index (χ2v) is 0. The minimum absolute atomic E-state index is 0. The van der Waals surface area contributed by atoms with Gasteiger partial charge in [-0.1, -0.05) is 0 Å². The van der Waals surface area contributed by atoms with Gasteiger partial charge in [-0.2, -0.15) is 0 Å². The van der Waals surface area contributed by atoms with E-state index in [9.17, 15) is 0 Å². The Morgan fingerprint density at radius 3 is 0.600 bits per heavy atom. The topological polar surface area (TPSA) is 126 Å². The van der Waals surface area contributed by atoms with Crippen LogP contribution in [0, 0.1) is 0 Å². The monoisotopic (exact) mass is 175 g/mol. The SMILES string of the molecule is [NH4+].[OH-].[OH-].[OH-].[Pd+2]. The van der Waals surface area contributed by atoms with E-state index in [1.807, 2.05) is 0 Å². The summed E-state index contributed by atoms with van der Waals surface area (Å²) in [7, 11) is 0. The van der Waals surface area contributed by atoms with Crippen LogP contribution in [-0.2, 0) is 20.4 Å². The van der Waals surface area contributed by atoms with Gasteiger partial charge in [-0.05, 0) is 0 Å². The standard InChI is InChI=1S/H3N.3H2O.Pd/h1H3;3*1H2;/q;;;;+2/p-2. The van der Waals surface area contributed by atoms with E-state index in [4.69, 9.17) is 0 Å². The van der Waals surface area contributed by atoms with Gasteiger partial charge in [0, 0.05) is 0 Å². The van der Waals surface area contributed by atoms with E-state index in [0.29, 0.717) is 0 Å². The summed E-state index contributed by atoms with van der Waals surface area (Å²) in [6.45, 7) is 0. The summed E-state index contributed by atoms with van der Waals surface area (Å²) in [5.41, 5.74) is 0. The Morgan fingerprint density at radius 2 is 0.600 bits per heavy atom. The number of hydrogen-bond acceptors (Lipinski definition) is 3. The van der Waals surface area contributed by atoms with E-state index in [1.54, 1.807) is 0 Å². The van der Waals surface area contributed by atoms with Crippen molar-refractivity contribution in [2.75, 3.05) is 0 Å². The number of hydrogen-bond donors (Lipinski definition) is 1. The fourth-order valence-electron chi connectivity index (χ4n) is 0. The maximum atomic E-state index is 0. The summed E-state index contributed by atoms with van der Waals surface area (Å²) < 4.78 is 0. The Hall–Kier alpha value is 0.502. The quantitative estimate of drug-likeness (QED) is 0.514. The summed E-state index contributed by atoms with van der Waals surface area (Å²) in [4.78, 5) is 0. The number of rotatable bonds is 0. The normalized spacial score (nSPS) is 0. The van der Waals surface area contributed by atoms with Crippen LogP contribution in [0.15, 0.2) is 0 Å². The molecule has 5 heavy (non-hydrogen) atoms. The van der Waals surface area contributed by atoms with Crippen molar-refractivity contribution in [3.8, 4) is 0 Å². The third-order valence-electron chi connectivity index (χ3n) is 0. The Kier molecular flexibility index (Phi) is 19300. The Morgan fingerprint density at radius 1 is 0.600 bits per heavy atom. The Labute approximate surface area is 43.7 Å². The summed E-state index contributed by atoms with van der Waals surface area (Å²) in [5.74, 6) is 0. The van der Waals surface area contributed by atoms with Crippen LogP contribution in [0.1, 0.15) is 0 Å². The molecular weight excluding hydrogens is 168 g/mol. The van der Waals surface area contributed by atoms with Crippen LogP contribution in [0.4, 0.5) is 0 Å². The molecule has 0 aliphatic heterocycles. The zero-order valence-corrected chi connectivity index (χ0v) is 4.21. The van der Waals surface area contributed by atoms with Crippen molar-refractivity contribution in [2.45, 2.75) is 0 Å². The van der Waals surface area contributed by atoms with Crippen molar-refractivity contribution in [1.29, 1.82) is 0 Å². The fraction of sp³-hybridized carbons (Fsp3) is 0. The van der Waals surface area contributed by atoms with Crippen molar-refractivity contribution in [3.05, 3.63) is 0 Å². The molecule has 4 nitrogen and oxygen atoms in total. The first-order valence-corrected chi connectivity index (χ1v) is 0. The zero-order valence-electron chi connectivity index (χ0n) is 2.66. The van der Waals surface area contributed by atoms with Crippen molar-refractivity contribution < 1.29 is 36.9 Å². The van der Waals surface area contributed by atoms with E-state index >= 15 is 0 Å². The molecule has 0 aromatic carbocycles. The van der Waals surface area contributed by atoms with E-state index in [-0.39, 0.29) is 43.0 Å². The number of quaternary nitrogens is 1. The predicted molar refractivity (Wildman–Crippen MR) is 11.8 cm³/mol. The molecule has 0 aliphatic carbocycles. The zero-order chi connectivity index (χ0) is 0. The summed E-state index contributed by atoms with van der Waals surface area (Å²) in [5, 5.41) is 0. The van der Waals surface area contributed by atoms with Gasteiger partial charge in [-0.25, -0.2) is 0 Å². The van der Waals surface area contributed by atoms with E-state index in [0.717, 1.165) is 0 Å². The smallest absolute Gasteiger partial charge is 0.870 e. The minimum Gasteiger partial charge on any atom is -0.870 e. The second kappa shape index (κ2) is 219. The molecule has 0 bridgehead atoms. The molecular formula is H7NO3Pd. The van der Waals surface area contributed by atoms with Gasteiger partial charge in [0.15, 0.2) is 0 Å². The molecule has 7 N–H and O–H groups in total. The average molecular weight is 175 g/mol. The Bertz CT molecular complexity index is 6.85. The van der Waals surface area contributed by atoms with Crippen molar-refractivity contribution in [1.82, 2.24) is 6.15 Å². The molecule has 0 aromatic rings. The largest absolute Gasteiger partial charge is 2.00 e. The molecule has 0 aliphatic rings. The fourth-order valence-corrected chi connectivity index (χ4v) is 0. The molecule has 0 saturated carbocycles. The van der Waals surface area contributed by atoms with Crippen molar-refractivity contribution in [2.24, 2.45) is 0 Å². The third-order valence-corrected chi connectivity index (χ3v) is 0. The molecule has 0 unspecified atom stereocenters. The van der Waals surface area contributed by atoms with Crippen LogP contribution in [0.3, 0.4) is 0 Å². The van der Waals surface area contributed by atoms with Crippen LogP contribution in [0.5, 0.6) is 0 Å². The third kappa shape index (κ3) is 112. The minimum atomic E-state index is 0. The van der Waals surface area contributed by atoms with Crippen LogP contribution in [-0.4, -0.2) is 16.4 Å². The van der Waals surface area contributed by atoms with Crippen LogP contribution in [0.25, 0.3) is 0 Å². The first-order valence-electron chi connectivity index (χ1n) is 0. The molecule has 0 radical (unpaired) electrons. The first-order chi connectivity index (χ1) is 0. The van der Waals surface area contributed by atoms with E-state index in [2.05, 4.69) is 0 Å². The van der Waals surface area contributed by atoms with Gasteiger partial charge >= 0.3 is 20.4 Å². The van der Waals surface area contributed by atoms with Gasteiger partial charge in [-0.15, -0.1) is 0 Å². The first kappa shape index (κ1) is 442. The molecule has 0 amide bonds. The second-order valence-electron chi connectivity index (χ2n) is 0. The van der Waals surface area contributed by atoms with Crippen molar-refractivity contribution >= 4 is 0 Å². The van der Waals surface area contributed by atoms with E-state index in [1.165, 1.54) is 0 Å². The predicted octanol–water partition coefficient (Wildman–Crippen LogP) is -0.157. The van der Waals surface area contributed by atoms with Gasteiger partial charge in [0.2, 0.25) is 0 Å². The molecule has 0 spiro atoms. The summed E-state index contributed by atoms with van der Waals surface area (Å²) in [6, 6.07) is 0. The van der Waals surface area contributed by atoms with Gasteiger partial charge in [0.25, 0.3) is 0 Å². The average Bonchev–Trinajstić information content (AvgIpc) is 0. The van der Waals surface area contributed by atoms with Gasteiger partial charge < -0.3 is 22.6 Å². The molecule has 0 heterocycles. The summed E-state index contributed by atoms with van der Waals surface area (Å²) >= 11 is 0. The van der Waals surface area contributed by atoms with Gasteiger partial charge in [0.05, 0.1) is 0 Å². The molecule has 40 valence electrons. The maximum Gasteiger partial charge on any atom is 2.00 e. The van der Waals surface area contributed by atoms with Crippen LogP contribution < -0.4 is 6.15 Å². The molecule has 0 aromatic heterocycles. The molecule has 0 fully saturated rings. The van der Waals surface area contributed by atoms with Crippen molar-refractivity contribution in [3.63, 3.8) is 0 Å². The molecule has 0 rings (SSSR count). The maximum absolute atomic E-state index is 0. The van der Waals surface area contributed by atoms with Gasteiger partial charge in [-0.3, -0.25) is 0 Å². The molecule has 0 atom stereocenters. The van der Waals surface area contributed by atoms with Gasteiger partial charge in [0.1, 0.15) is 0 Å². The van der Waals surface area contributed by atoms with Crippen LogP contribution >= 0.6 is 0 Å². The van der Waals surface area contributed by atoms with E-state index < -0.39 is 0 Å². The Balaban J connectivity index is 0. The van der Waals surface area contributed by atoms with Crippen LogP contribution in [0.2, 0.25) is 0 Å².